The number of rotatable bonds is 5. The van der Waals surface area contributed by atoms with Crippen LogP contribution in [0.3, 0.4) is 0 Å². The summed E-state index contributed by atoms with van der Waals surface area (Å²) in [7, 11) is -1.93. The van der Waals surface area contributed by atoms with E-state index in [-0.39, 0.29) is 0 Å². The quantitative estimate of drug-likeness (QED) is 0.743. The second kappa shape index (κ2) is 8.38. The highest BCUT2D eigenvalue weighted by atomic mass is 32.2. The molecule has 3 rings (SSSR count). The van der Waals surface area contributed by atoms with E-state index in [1.54, 1.807) is 11.4 Å². The summed E-state index contributed by atoms with van der Waals surface area (Å²) in [4.78, 5) is 11.5. The number of methoxy groups -OCH3 is 1. The zero-order valence-electron chi connectivity index (χ0n) is 18.1. The SMILES string of the molecule is COCc1nc(C)cc(N2CCN(S(=O)(=O)c3c(C)c(C)cc(C)c3C)CC2)n1. The monoisotopic (exact) mass is 418 g/mol. The van der Waals surface area contributed by atoms with Crippen molar-refractivity contribution in [1.82, 2.24) is 14.3 Å². The van der Waals surface area contributed by atoms with Gasteiger partial charge in [-0.3, -0.25) is 0 Å². The van der Waals surface area contributed by atoms with Crippen molar-refractivity contribution in [2.75, 3.05) is 38.2 Å². The number of nitrogens with zero attached hydrogens (tertiary/aromatic N) is 4. The summed E-state index contributed by atoms with van der Waals surface area (Å²) in [5.41, 5.74) is 4.57. The van der Waals surface area contributed by atoms with E-state index in [4.69, 9.17) is 4.74 Å². The van der Waals surface area contributed by atoms with Crippen molar-refractivity contribution >= 4 is 15.8 Å². The van der Waals surface area contributed by atoms with Crippen LogP contribution in [0.4, 0.5) is 5.82 Å². The Kier molecular flexibility index (Phi) is 6.26. The summed E-state index contributed by atoms with van der Waals surface area (Å²) in [6.07, 6.45) is 0. The van der Waals surface area contributed by atoms with Crippen LogP contribution in [0.1, 0.15) is 33.8 Å². The number of aryl methyl sites for hydroxylation is 3. The predicted octanol–water partition coefficient (Wildman–Crippen LogP) is 2.68. The molecule has 8 heteroatoms. The van der Waals surface area contributed by atoms with Gasteiger partial charge in [0, 0.05) is 45.0 Å². The Labute approximate surface area is 173 Å². The molecule has 1 aromatic heterocycles. The van der Waals surface area contributed by atoms with E-state index in [0.29, 0.717) is 43.5 Å². The van der Waals surface area contributed by atoms with E-state index < -0.39 is 10.0 Å². The Bertz CT molecular complexity index is 987. The highest BCUT2D eigenvalue weighted by Gasteiger charge is 2.32. The first-order chi connectivity index (χ1) is 13.6. The second-order valence-corrected chi connectivity index (χ2v) is 9.57. The average Bonchev–Trinajstić information content (AvgIpc) is 2.66. The third-order valence-corrected chi connectivity index (χ3v) is 7.79. The second-order valence-electron chi connectivity index (χ2n) is 7.70. The topological polar surface area (TPSA) is 75.6 Å². The van der Waals surface area contributed by atoms with E-state index in [9.17, 15) is 8.42 Å². The Morgan fingerprint density at radius 1 is 0.931 bits per heavy atom. The summed E-state index contributed by atoms with van der Waals surface area (Å²) in [5.74, 6) is 1.46. The van der Waals surface area contributed by atoms with Crippen LogP contribution in [0.2, 0.25) is 0 Å². The zero-order valence-corrected chi connectivity index (χ0v) is 18.9. The molecule has 0 atom stereocenters. The average molecular weight is 419 g/mol. The van der Waals surface area contributed by atoms with Crippen LogP contribution < -0.4 is 4.90 Å². The smallest absolute Gasteiger partial charge is 0.243 e. The minimum absolute atomic E-state index is 0.355. The molecule has 0 aliphatic carbocycles. The number of aromatic nitrogens is 2. The van der Waals surface area contributed by atoms with Gasteiger partial charge >= 0.3 is 0 Å². The molecule has 2 aromatic rings. The largest absolute Gasteiger partial charge is 0.377 e. The van der Waals surface area contributed by atoms with Crippen LogP contribution in [0.25, 0.3) is 0 Å². The number of hydrogen-bond acceptors (Lipinski definition) is 6. The van der Waals surface area contributed by atoms with Gasteiger partial charge in [-0.25, -0.2) is 18.4 Å². The third kappa shape index (κ3) is 4.29. The van der Waals surface area contributed by atoms with E-state index in [1.165, 1.54) is 0 Å². The molecule has 0 N–H and O–H groups in total. The third-order valence-electron chi connectivity index (χ3n) is 5.62. The van der Waals surface area contributed by atoms with Gasteiger partial charge in [-0.1, -0.05) is 6.07 Å². The molecule has 1 aliphatic heterocycles. The Hall–Kier alpha value is -2.03. The molecule has 1 aromatic carbocycles. The summed E-state index contributed by atoms with van der Waals surface area (Å²) < 4.78 is 33.6. The van der Waals surface area contributed by atoms with Crippen molar-refractivity contribution in [3.63, 3.8) is 0 Å². The summed E-state index contributed by atoms with van der Waals surface area (Å²) in [5, 5.41) is 0. The fourth-order valence-electron chi connectivity index (χ4n) is 3.82. The van der Waals surface area contributed by atoms with Crippen molar-refractivity contribution in [2.45, 2.75) is 46.1 Å². The highest BCUT2D eigenvalue weighted by molar-refractivity contribution is 7.89. The fourth-order valence-corrected chi connectivity index (χ4v) is 5.82. The minimum Gasteiger partial charge on any atom is -0.377 e. The molecule has 0 saturated carbocycles. The molecular weight excluding hydrogens is 388 g/mol. The van der Waals surface area contributed by atoms with Gasteiger partial charge in [-0.05, 0) is 56.9 Å². The first-order valence-electron chi connectivity index (χ1n) is 9.81. The molecule has 0 spiro atoms. The molecule has 1 saturated heterocycles. The maximum absolute atomic E-state index is 13.4. The molecule has 0 bridgehead atoms. The number of sulfonamides is 1. The number of ether oxygens (including phenoxy) is 1. The number of anilines is 1. The maximum atomic E-state index is 13.4. The molecule has 2 heterocycles. The summed E-state index contributed by atoms with van der Waals surface area (Å²) in [6.45, 7) is 12.0. The number of hydrogen-bond donors (Lipinski definition) is 0. The lowest BCUT2D eigenvalue weighted by molar-refractivity contribution is 0.177. The summed E-state index contributed by atoms with van der Waals surface area (Å²) in [6, 6.07) is 3.98. The van der Waals surface area contributed by atoms with Crippen LogP contribution in [0, 0.1) is 34.6 Å². The molecular formula is C21H30N4O3S. The van der Waals surface area contributed by atoms with Crippen LogP contribution in [0.15, 0.2) is 17.0 Å². The lowest BCUT2D eigenvalue weighted by atomic mass is 10.0. The van der Waals surface area contributed by atoms with Gasteiger partial charge in [0.15, 0.2) is 5.82 Å². The lowest BCUT2D eigenvalue weighted by Crippen LogP contribution is -2.49. The van der Waals surface area contributed by atoms with E-state index in [2.05, 4.69) is 20.9 Å². The van der Waals surface area contributed by atoms with Crippen LogP contribution in [-0.2, 0) is 21.4 Å². The van der Waals surface area contributed by atoms with Gasteiger partial charge < -0.3 is 9.64 Å². The lowest BCUT2D eigenvalue weighted by Gasteiger charge is -2.35. The Morgan fingerprint density at radius 2 is 1.52 bits per heavy atom. The van der Waals surface area contributed by atoms with Gasteiger partial charge in [0.25, 0.3) is 0 Å². The minimum atomic E-state index is -3.55. The molecule has 0 radical (unpaired) electrons. The van der Waals surface area contributed by atoms with Gasteiger partial charge in [-0.2, -0.15) is 4.31 Å². The Balaban J connectivity index is 1.83. The molecule has 0 unspecified atom stereocenters. The van der Waals surface area contributed by atoms with Gasteiger partial charge in [0.05, 0.1) is 4.90 Å². The van der Waals surface area contributed by atoms with Crippen LogP contribution >= 0.6 is 0 Å². The molecule has 158 valence electrons. The van der Waals surface area contributed by atoms with Gasteiger partial charge in [0.1, 0.15) is 12.4 Å². The zero-order chi connectivity index (χ0) is 21.3. The van der Waals surface area contributed by atoms with Crippen molar-refractivity contribution in [1.29, 1.82) is 0 Å². The standard InChI is InChI=1S/C21H30N4O3S/c1-14-11-15(2)18(5)21(17(14)4)29(26,27)25-9-7-24(8-10-25)20-12-16(3)22-19(23-20)13-28-6/h11-12H,7-10,13H2,1-6H3. The molecule has 0 amide bonds. The van der Waals surface area contributed by atoms with E-state index >= 15 is 0 Å². The summed E-state index contributed by atoms with van der Waals surface area (Å²) >= 11 is 0. The fraction of sp³-hybridized carbons (Fsp3) is 0.524. The van der Waals surface area contributed by atoms with Crippen molar-refractivity contribution in [3.05, 3.63) is 45.9 Å². The van der Waals surface area contributed by atoms with E-state index in [0.717, 1.165) is 33.8 Å². The normalized spacial score (nSPS) is 15.7. The van der Waals surface area contributed by atoms with Gasteiger partial charge in [-0.15, -0.1) is 0 Å². The first-order valence-corrected chi connectivity index (χ1v) is 11.2. The van der Waals surface area contributed by atoms with E-state index in [1.807, 2.05) is 40.7 Å². The molecule has 7 nitrogen and oxygen atoms in total. The van der Waals surface area contributed by atoms with Crippen LogP contribution in [-0.4, -0.2) is 56.0 Å². The molecule has 1 aliphatic rings. The van der Waals surface area contributed by atoms with Crippen molar-refractivity contribution < 1.29 is 13.2 Å². The molecule has 29 heavy (non-hydrogen) atoms. The van der Waals surface area contributed by atoms with Gasteiger partial charge in [0.2, 0.25) is 10.0 Å². The predicted molar refractivity (Wildman–Crippen MR) is 114 cm³/mol. The van der Waals surface area contributed by atoms with Crippen LogP contribution in [0.5, 0.6) is 0 Å². The Morgan fingerprint density at radius 3 is 2.07 bits per heavy atom. The number of piperazine rings is 1. The first kappa shape index (κ1) is 21.7. The van der Waals surface area contributed by atoms with Crippen molar-refractivity contribution in [2.24, 2.45) is 0 Å². The number of benzene rings is 1. The highest BCUT2D eigenvalue weighted by Crippen LogP contribution is 2.29. The van der Waals surface area contributed by atoms with Crippen molar-refractivity contribution in [3.8, 4) is 0 Å². The maximum Gasteiger partial charge on any atom is 0.243 e. The molecule has 1 fully saturated rings.